The van der Waals surface area contributed by atoms with Gasteiger partial charge in [-0.3, -0.25) is 9.80 Å². The number of nitrogens with zero attached hydrogens (tertiary/aromatic N) is 2. The van der Waals surface area contributed by atoms with Crippen molar-refractivity contribution in [2.45, 2.75) is 19.0 Å². The van der Waals surface area contributed by atoms with Gasteiger partial charge in [0.05, 0.1) is 0 Å². The number of rotatable bonds is 3. The van der Waals surface area contributed by atoms with Gasteiger partial charge in [-0.2, -0.15) is 0 Å². The molecule has 2 heterocycles. The first-order valence-electron chi connectivity index (χ1n) is 7.29. The highest BCUT2D eigenvalue weighted by Crippen LogP contribution is 2.30. The maximum absolute atomic E-state index is 6.32. The van der Waals surface area contributed by atoms with Crippen LogP contribution in [0.5, 0.6) is 0 Å². The van der Waals surface area contributed by atoms with Crippen LogP contribution in [0.25, 0.3) is 0 Å². The van der Waals surface area contributed by atoms with E-state index in [0.717, 1.165) is 60.9 Å². The van der Waals surface area contributed by atoms with E-state index in [2.05, 4.69) is 22.0 Å². The van der Waals surface area contributed by atoms with E-state index >= 15 is 0 Å². The van der Waals surface area contributed by atoms with Crippen molar-refractivity contribution in [2.24, 2.45) is 0 Å². The minimum atomic E-state index is 0.322. The van der Waals surface area contributed by atoms with Crippen molar-refractivity contribution in [1.82, 2.24) is 15.1 Å². The molecule has 2 aliphatic heterocycles. The second-order valence-corrected chi connectivity index (χ2v) is 6.57. The Morgan fingerprint density at radius 3 is 2.45 bits per heavy atom. The minimum Gasteiger partial charge on any atom is -0.314 e. The van der Waals surface area contributed by atoms with Crippen LogP contribution in [0.2, 0.25) is 10.0 Å². The molecule has 5 heteroatoms. The molecule has 0 bridgehead atoms. The quantitative estimate of drug-likeness (QED) is 0.925. The lowest BCUT2D eigenvalue weighted by molar-refractivity contribution is 0.0552. The van der Waals surface area contributed by atoms with Crippen LogP contribution in [0.4, 0.5) is 0 Å². The Morgan fingerprint density at radius 1 is 1.15 bits per heavy atom. The van der Waals surface area contributed by atoms with E-state index in [0.29, 0.717) is 6.04 Å². The van der Waals surface area contributed by atoms with Gasteiger partial charge >= 0.3 is 0 Å². The van der Waals surface area contributed by atoms with E-state index in [1.54, 1.807) is 0 Å². The van der Waals surface area contributed by atoms with Crippen LogP contribution in [0.15, 0.2) is 18.2 Å². The molecule has 1 unspecified atom stereocenters. The van der Waals surface area contributed by atoms with E-state index in [9.17, 15) is 0 Å². The molecule has 2 fully saturated rings. The Morgan fingerprint density at radius 2 is 1.85 bits per heavy atom. The van der Waals surface area contributed by atoms with Crippen LogP contribution in [0.1, 0.15) is 18.5 Å². The topological polar surface area (TPSA) is 18.5 Å². The number of hydrogen-bond acceptors (Lipinski definition) is 3. The van der Waals surface area contributed by atoms with E-state index in [-0.39, 0.29) is 0 Å². The third-order valence-electron chi connectivity index (χ3n) is 4.58. The van der Waals surface area contributed by atoms with Crippen LogP contribution in [-0.4, -0.2) is 55.1 Å². The van der Waals surface area contributed by atoms with Crippen LogP contribution < -0.4 is 5.32 Å². The molecule has 3 rings (SSSR count). The first-order valence-corrected chi connectivity index (χ1v) is 8.04. The summed E-state index contributed by atoms with van der Waals surface area (Å²) in [5, 5.41) is 4.92. The van der Waals surface area contributed by atoms with Crippen LogP contribution in [0.3, 0.4) is 0 Å². The Hall–Kier alpha value is -0.320. The fourth-order valence-electron chi connectivity index (χ4n) is 3.05. The summed E-state index contributed by atoms with van der Waals surface area (Å²) in [7, 11) is 0. The molecular formula is C15H21Cl2N3. The summed E-state index contributed by atoms with van der Waals surface area (Å²) in [6.45, 7) is 9.01. The van der Waals surface area contributed by atoms with Gasteiger partial charge in [0.2, 0.25) is 0 Å². The summed E-state index contributed by atoms with van der Waals surface area (Å²) in [6, 6.07) is 6.81. The zero-order chi connectivity index (χ0) is 14.1. The predicted octanol–water partition coefficient (Wildman–Crippen LogP) is 2.64. The lowest BCUT2D eigenvalue weighted by Crippen LogP contribution is -2.61. The summed E-state index contributed by atoms with van der Waals surface area (Å²) >= 11 is 12.4. The third-order valence-corrected chi connectivity index (χ3v) is 5.16. The van der Waals surface area contributed by atoms with E-state index in [1.165, 1.54) is 0 Å². The normalized spacial score (nSPS) is 23.6. The monoisotopic (exact) mass is 313 g/mol. The van der Waals surface area contributed by atoms with Crippen molar-refractivity contribution in [3.63, 3.8) is 0 Å². The van der Waals surface area contributed by atoms with Crippen molar-refractivity contribution in [3.05, 3.63) is 33.8 Å². The summed E-state index contributed by atoms with van der Waals surface area (Å²) in [6.07, 6.45) is 0. The summed E-state index contributed by atoms with van der Waals surface area (Å²) in [4.78, 5) is 5.10. The van der Waals surface area contributed by atoms with E-state index < -0.39 is 0 Å². The SMILES string of the molecule is CC(c1cc(Cl)ccc1Cl)N1CCN(C2CNC2)CC1. The molecule has 1 aromatic rings. The molecule has 0 aromatic heterocycles. The maximum atomic E-state index is 6.32. The standard InChI is InChI=1S/C15H21Cl2N3/c1-11(14-8-12(16)2-3-15(14)17)19-4-6-20(7-5-19)13-9-18-10-13/h2-3,8,11,13,18H,4-7,9-10H2,1H3. The van der Waals surface area contributed by atoms with E-state index in [4.69, 9.17) is 23.2 Å². The first-order chi connectivity index (χ1) is 9.65. The van der Waals surface area contributed by atoms with Crippen molar-refractivity contribution in [3.8, 4) is 0 Å². The van der Waals surface area contributed by atoms with Crippen molar-refractivity contribution in [1.29, 1.82) is 0 Å². The van der Waals surface area contributed by atoms with Crippen molar-refractivity contribution < 1.29 is 0 Å². The fourth-order valence-corrected chi connectivity index (χ4v) is 3.51. The molecule has 0 amide bonds. The summed E-state index contributed by atoms with van der Waals surface area (Å²) < 4.78 is 0. The largest absolute Gasteiger partial charge is 0.314 e. The summed E-state index contributed by atoms with van der Waals surface area (Å²) in [5.41, 5.74) is 1.14. The predicted molar refractivity (Wildman–Crippen MR) is 84.7 cm³/mol. The maximum Gasteiger partial charge on any atom is 0.0454 e. The van der Waals surface area contributed by atoms with Gasteiger partial charge in [0, 0.05) is 61.4 Å². The minimum absolute atomic E-state index is 0.322. The average Bonchev–Trinajstić information content (AvgIpc) is 2.40. The first kappa shape index (κ1) is 14.6. The van der Waals surface area contributed by atoms with Crippen molar-refractivity contribution >= 4 is 23.2 Å². The van der Waals surface area contributed by atoms with Crippen LogP contribution in [0, 0.1) is 0 Å². The molecule has 3 nitrogen and oxygen atoms in total. The number of hydrogen-bond donors (Lipinski definition) is 1. The third kappa shape index (κ3) is 2.97. The number of benzene rings is 1. The van der Waals surface area contributed by atoms with Crippen LogP contribution >= 0.6 is 23.2 Å². The second-order valence-electron chi connectivity index (χ2n) is 5.73. The molecule has 1 N–H and O–H groups in total. The molecule has 0 radical (unpaired) electrons. The van der Waals surface area contributed by atoms with Gasteiger partial charge in [0.25, 0.3) is 0 Å². The molecule has 1 aromatic carbocycles. The molecule has 2 aliphatic rings. The highest BCUT2D eigenvalue weighted by atomic mass is 35.5. The molecule has 110 valence electrons. The Labute approximate surface area is 130 Å². The zero-order valence-corrected chi connectivity index (χ0v) is 13.3. The average molecular weight is 314 g/mol. The smallest absolute Gasteiger partial charge is 0.0454 e. The zero-order valence-electron chi connectivity index (χ0n) is 11.8. The number of halogens is 2. The number of piperazine rings is 1. The van der Waals surface area contributed by atoms with Gasteiger partial charge in [0.15, 0.2) is 0 Å². The van der Waals surface area contributed by atoms with Gasteiger partial charge in [-0.1, -0.05) is 23.2 Å². The van der Waals surface area contributed by atoms with Gasteiger partial charge in [-0.15, -0.1) is 0 Å². The lowest BCUT2D eigenvalue weighted by atomic mass is 10.0. The molecular weight excluding hydrogens is 293 g/mol. The lowest BCUT2D eigenvalue weighted by Gasteiger charge is -2.44. The molecule has 2 saturated heterocycles. The summed E-state index contributed by atoms with van der Waals surface area (Å²) in [5.74, 6) is 0. The second kappa shape index (κ2) is 6.20. The van der Waals surface area contributed by atoms with Crippen LogP contribution in [-0.2, 0) is 0 Å². The van der Waals surface area contributed by atoms with Gasteiger partial charge in [-0.05, 0) is 30.7 Å². The molecule has 0 aliphatic carbocycles. The molecule has 0 saturated carbocycles. The number of nitrogens with one attached hydrogen (secondary N) is 1. The molecule has 1 atom stereocenters. The van der Waals surface area contributed by atoms with Gasteiger partial charge in [-0.25, -0.2) is 0 Å². The fraction of sp³-hybridized carbons (Fsp3) is 0.600. The Bertz CT molecular complexity index is 468. The highest BCUT2D eigenvalue weighted by molar-refractivity contribution is 6.33. The molecule has 0 spiro atoms. The van der Waals surface area contributed by atoms with Crippen molar-refractivity contribution in [2.75, 3.05) is 39.3 Å². The molecule has 20 heavy (non-hydrogen) atoms. The van der Waals surface area contributed by atoms with Gasteiger partial charge < -0.3 is 5.32 Å². The Balaban J connectivity index is 1.63. The van der Waals surface area contributed by atoms with Gasteiger partial charge in [0.1, 0.15) is 0 Å². The Kier molecular flexibility index (Phi) is 4.53. The highest BCUT2D eigenvalue weighted by Gasteiger charge is 2.29. The van der Waals surface area contributed by atoms with E-state index in [1.807, 2.05) is 18.2 Å².